The van der Waals surface area contributed by atoms with E-state index in [1.54, 1.807) is 0 Å². The van der Waals surface area contributed by atoms with E-state index in [9.17, 15) is 14.4 Å². The van der Waals surface area contributed by atoms with Gasteiger partial charge in [0.1, 0.15) is 13.2 Å². The smallest absolute Gasteiger partial charge is 0.306 e. The maximum absolute atomic E-state index is 12.9. The Balaban J connectivity index is 4.11. The summed E-state index contributed by atoms with van der Waals surface area (Å²) < 4.78 is 16.9. The first-order chi connectivity index (χ1) is 37.5. The lowest BCUT2D eigenvalue weighted by Crippen LogP contribution is -2.30. The second kappa shape index (κ2) is 65.2. The van der Waals surface area contributed by atoms with E-state index in [-0.39, 0.29) is 31.1 Å². The van der Waals surface area contributed by atoms with Crippen LogP contribution in [0.3, 0.4) is 0 Å². The Hall–Kier alpha value is -2.37. The molecule has 76 heavy (non-hydrogen) atoms. The molecule has 6 heteroatoms. The minimum atomic E-state index is -0.771. The van der Waals surface area contributed by atoms with Gasteiger partial charge < -0.3 is 14.2 Å². The van der Waals surface area contributed by atoms with Crippen LogP contribution in [0.25, 0.3) is 0 Å². The number of esters is 3. The lowest BCUT2D eigenvalue weighted by molar-refractivity contribution is -0.167. The van der Waals surface area contributed by atoms with E-state index < -0.39 is 6.10 Å². The van der Waals surface area contributed by atoms with Gasteiger partial charge in [-0.25, -0.2) is 0 Å². The zero-order valence-corrected chi connectivity index (χ0v) is 51.3. The van der Waals surface area contributed by atoms with Crippen molar-refractivity contribution in [3.8, 4) is 0 Å². The number of allylic oxidation sites excluding steroid dienone is 6. The van der Waals surface area contributed by atoms with Crippen LogP contribution in [0.15, 0.2) is 36.5 Å². The Morgan fingerprint density at radius 1 is 0.263 bits per heavy atom. The van der Waals surface area contributed by atoms with E-state index in [1.165, 1.54) is 263 Å². The molecule has 0 aromatic heterocycles. The zero-order chi connectivity index (χ0) is 55.0. The van der Waals surface area contributed by atoms with Crippen LogP contribution in [0.5, 0.6) is 0 Å². The maximum Gasteiger partial charge on any atom is 0.306 e. The first kappa shape index (κ1) is 73.6. The molecule has 0 heterocycles. The molecule has 0 aliphatic carbocycles. The van der Waals surface area contributed by atoms with E-state index in [0.29, 0.717) is 19.3 Å². The van der Waals surface area contributed by atoms with Crippen LogP contribution in [0.2, 0.25) is 0 Å². The lowest BCUT2D eigenvalue weighted by Gasteiger charge is -2.18. The average Bonchev–Trinajstić information content (AvgIpc) is 3.42. The van der Waals surface area contributed by atoms with Crippen molar-refractivity contribution in [3.63, 3.8) is 0 Å². The highest BCUT2D eigenvalue weighted by molar-refractivity contribution is 5.71. The molecule has 0 saturated carbocycles. The highest BCUT2D eigenvalue weighted by atomic mass is 16.6. The monoisotopic (exact) mass is 1070 g/mol. The number of ether oxygens (including phenoxy) is 3. The van der Waals surface area contributed by atoms with Gasteiger partial charge in [0.05, 0.1) is 0 Å². The van der Waals surface area contributed by atoms with Crippen molar-refractivity contribution >= 4 is 17.9 Å². The van der Waals surface area contributed by atoms with Gasteiger partial charge >= 0.3 is 17.9 Å². The third kappa shape index (κ3) is 62.5. The van der Waals surface area contributed by atoms with E-state index in [4.69, 9.17) is 14.2 Å². The van der Waals surface area contributed by atoms with Crippen LogP contribution in [0, 0.1) is 0 Å². The number of unbranched alkanes of at least 4 members (excludes halogenated alkanes) is 46. The SMILES string of the molecule is CCCCCC/C=C\CCCCCCCC(=O)OCC(COC(=O)CCCCCCCCCCCCCCCCCCCCC/C=C\C/C=C\CCCCCCC)OC(=O)CCCCCCCCCCCCCCCC. The van der Waals surface area contributed by atoms with Crippen molar-refractivity contribution in [2.45, 2.75) is 380 Å². The molecule has 6 nitrogen and oxygen atoms in total. The van der Waals surface area contributed by atoms with E-state index in [2.05, 4.69) is 57.2 Å². The molecule has 0 N–H and O–H groups in total. The topological polar surface area (TPSA) is 78.9 Å². The summed E-state index contributed by atoms with van der Waals surface area (Å²) in [6.07, 6.45) is 80.3. The number of hydrogen-bond acceptors (Lipinski definition) is 6. The van der Waals surface area contributed by atoms with Crippen molar-refractivity contribution < 1.29 is 28.6 Å². The number of rotatable bonds is 63. The predicted octanol–water partition coefficient (Wildman–Crippen LogP) is 23.2. The Kier molecular flexibility index (Phi) is 63.1. The quantitative estimate of drug-likeness (QED) is 0.0261. The molecule has 1 unspecified atom stereocenters. The second-order valence-electron chi connectivity index (χ2n) is 23.1. The summed E-state index contributed by atoms with van der Waals surface area (Å²) in [4.78, 5) is 38.3. The molecule has 1 atom stereocenters. The molecule has 0 rings (SSSR count). The molecule has 0 aromatic carbocycles. The summed E-state index contributed by atoms with van der Waals surface area (Å²) >= 11 is 0. The van der Waals surface area contributed by atoms with Crippen molar-refractivity contribution in [1.82, 2.24) is 0 Å². The summed E-state index contributed by atoms with van der Waals surface area (Å²) in [6.45, 7) is 6.67. The van der Waals surface area contributed by atoms with Crippen LogP contribution >= 0.6 is 0 Å². The third-order valence-corrected chi connectivity index (χ3v) is 15.4. The molecule has 0 fully saturated rings. The zero-order valence-electron chi connectivity index (χ0n) is 51.3. The molecule has 0 aliphatic heterocycles. The number of carbonyl (C=O) groups excluding carboxylic acids is 3. The van der Waals surface area contributed by atoms with Crippen LogP contribution in [0.1, 0.15) is 374 Å². The normalized spacial score (nSPS) is 12.2. The van der Waals surface area contributed by atoms with Crippen molar-refractivity contribution in [3.05, 3.63) is 36.5 Å². The fourth-order valence-electron chi connectivity index (χ4n) is 10.2. The standard InChI is InChI=1S/C70H130O6/c1-4-7-10-13-16-19-22-25-27-28-29-30-31-32-33-34-35-36-37-38-39-40-41-42-43-46-48-51-54-57-60-63-69(72)75-66-67(65-74-68(71)62-59-56-53-50-47-44-24-21-18-15-12-9-6-3)76-70(73)64-61-58-55-52-49-45-26-23-20-17-14-11-8-5-2/h21-22,24-25,28-29,67H,4-20,23,26-27,30-66H2,1-3H3/b24-21-,25-22-,29-28-. The fourth-order valence-corrected chi connectivity index (χ4v) is 10.2. The second-order valence-corrected chi connectivity index (χ2v) is 23.1. The van der Waals surface area contributed by atoms with Gasteiger partial charge in [0, 0.05) is 19.3 Å². The molecule has 0 bridgehead atoms. The summed E-state index contributed by atoms with van der Waals surface area (Å²) in [7, 11) is 0. The van der Waals surface area contributed by atoms with Gasteiger partial charge in [-0.3, -0.25) is 14.4 Å². The largest absolute Gasteiger partial charge is 0.462 e. The highest BCUT2D eigenvalue weighted by Crippen LogP contribution is 2.18. The van der Waals surface area contributed by atoms with Crippen LogP contribution < -0.4 is 0 Å². The Morgan fingerprint density at radius 3 is 0.750 bits per heavy atom. The van der Waals surface area contributed by atoms with Gasteiger partial charge in [0.25, 0.3) is 0 Å². The predicted molar refractivity (Wildman–Crippen MR) is 330 cm³/mol. The van der Waals surface area contributed by atoms with Crippen LogP contribution in [-0.2, 0) is 28.6 Å². The molecule has 0 radical (unpaired) electrons. The molecule has 446 valence electrons. The van der Waals surface area contributed by atoms with Gasteiger partial charge in [0.2, 0.25) is 0 Å². The molecule has 0 saturated heterocycles. The van der Waals surface area contributed by atoms with Gasteiger partial charge in [-0.15, -0.1) is 0 Å². The summed E-state index contributed by atoms with van der Waals surface area (Å²) in [5, 5.41) is 0. The molecular weight excluding hydrogens is 937 g/mol. The van der Waals surface area contributed by atoms with E-state index in [0.717, 1.165) is 70.6 Å². The van der Waals surface area contributed by atoms with Crippen LogP contribution in [-0.4, -0.2) is 37.2 Å². The van der Waals surface area contributed by atoms with Gasteiger partial charge in [-0.2, -0.15) is 0 Å². The fraction of sp³-hybridized carbons (Fsp3) is 0.871. The minimum absolute atomic E-state index is 0.0689. The number of hydrogen-bond donors (Lipinski definition) is 0. The van der Waals surface area contributed by atoms with Gasteiger partial charge in [-0.1, -0.05) is 314 Å². The molecule has 0 spiro atoms. The molecule has 0 amide bonds. The first-order valence-corrected chi connectivity index (χ1v) is 34.0. The Labute approximate surface area is 474 Å². The third-order valence-electron chi connectivity index (χ3n) is 15.4. The van der Waals surface area contributed by atoms with E-state index in [1.807, 2.05) is 0 Å². The lowest BCUT2D eigenvalue weighted by atomic mass is 10.0. The van der Waals surface area contributed by atoms with Crippen LogP contribution in [0.4, 0.5) is 0 Å². The average molecular weight is 1070 g/mol. The summed E-state index contributed by atoms with van der Waals surface area (Å²) in [5.74, 6) is -0.853. The molecule has 0 aromatic rings. The van der Waals surface area contributed by atoms with Crippen molar-refractivity contribution in [2.24, 2.45) is 0 Å². The van der Waals surface area contributed by atoms with Gasteiger partial charge in [-0.05, 0) is 77.0 Å². The Bertz CT molecular complexity index is 1270. The Morgan fingerprint density at radius 2 is 0.474 bits per heavy atom. The highest BCUT2D eigenvalue weighted by Gasteiger charge is 2.19. The van der Waals surface area contributed by atoms with Crippen molar-refractivity contribution in [1.29, 1.82) is 0 Å². The maximum atomic E-state index is 12.9. The minimum Gasteiger partial charge on any atom is -0.462 e. The molecule has 0 aliphatic rings. The summed E-state index contributed by atoms with van der Waals surface area (Å²) in [6, 6.07) is 0. The van der Waals surface area contributed by atoms with Crippen molar-refractivity contribution in [2.75, 3.05) is 13.2 Å². The molecular formula is C70H130O6. The summed E-state index contributed by atoms with van der Waals surface area (Å²) in [5.41, 5.74) is 0. The van der Waals surface area contributed by atoms with E-state index >= 15 is 0 Å². The number of carbonyl (C=O) groups is 3. The van der Waals surface area contributed by atoms with Gasteiger partial charge in [0.15, 0.2) is 6.10 Å². The first-order valence-electron chi connectivity index (χ1n) is 34.0.